The van der Waals surface area contributed by atoms with Crippen LogP contribution in [0.15, 0.2) is 11.8 Å². The predicted octanol–water partition coefficient (Wildman–Crippen LogP) is 3.42. The molecule has 0 aromatic carbocycles. The molecular weight excluding hydrogens is 188 g/mol. The first-order valence-corrected chi connectivity index (χ1v) is 6.36. The van der Waals surface area contributed by atoms with Crippen LogP contribution in [0.5, 0.6) is 0 Å². The van der Waals surface area contributed by atoms with Crippen molar-refractivity contribution in [2.75, 3.05) is 13.2 Å². The zero-order valence-corrected chi connectivity index (χ0v) is 9.54. The normalized spacial score (nSPS) is 26.7. The van der Waals surface area contributed by atoms with Crippen LogP contribution < -0.4 is 0 Å². The molecule has 2 rings (SSSR count). The highest BCUT2D eigenvalue weighted by Gasteiger charge is 2.14. The molecule has 15 heavy (non-hydrogen) atoms. The number of rotatable bonds is 4. The summed E-state index contributed by atoms with van der Waals surface area (Å²) in [6, 6.07) is 0. The third-order valence-corrected chi connectivity index (χ3v) is 3.33. The number of hydrogen-bond donors (Lipinski definition) is 0. The fourth-order valence-electron chi connectivity index (χ4n) is 2.37. The van der Waals surface area contributed by atoms with Crippen LogP contribution in [-0.2, 0) is 9.47 Å². The van der Waals surface area contributed by atoms with Crippen molar-refractivity contribution in [2.24, 2.45) is 0 Å². The van der Waals surface area contributed by atoms with Gasteiger partial charge in [-0.2, -0.15) is 0 Å². The van der Waals surface area contributed by atoms with Gasteiger partial charge in [0.1, 0.15) is 0 Å². The molecule has 1 atom stereocenters. The Morgan fingerprint density at radius 2 is 2.07 bits per heavy atom. The summed E-state index contributed by atoms with van der Waals surface area (Å²) in [6.45, 7) is 1.78. The monoisotopic (exact) mass is 210 g/mol. The van der Waals surface area contributed by atoms with Crippen molar-refractivity contribution < 1.29 is 9.47 Å². The Morgan fingerprint density at radius 3 is 2.80 bits per heavy atom. The number of ether oxygens (including phenoxy) is 2. The van der Waals surface area contributed by atoms with Gasteiger partial charge in [-0.15, -0.1) is 0 Å². The lowest BCUT2D eigenvalue weighted by Gasteiger charge is -2.14. The lowest BCUT2D eigenvalue weighted by Crippen LogP contribution is -2.08. The van der Waals surface area contributed by atoms with E-state index in [0.29, 0.717) is 6.10 Å². The summed E-state index contributed by atoms with van der Waals surface area (Å²) in [5, 5.41) is 0. The van der Waals surface area contributed by atoms with Crippen molar-refractivity contribution in [1.82, 2.24) is 0 Å². The summed E-state index contributed by atoms with van der Waals surface area (Å²) in [5.41, 5.74) is 1.51. The van der Waals surface area contributed by atoms with E-state index in [4.69, 9.17) is 9.47 Å². The molecule has 1 aliphatic heterocycles. The zero-order chi connectivity index (χ0) is 10.3. The molecule has 86 valence electrons. The first-order valence-electron chi connectivity index (χ1n) is 6.36. The van der Waals surface area contributed by atoms with E-state index in [1.54, 1.807) is 0 Å². The van der Waals surface area contributed by atoms with E-state index in [2.05, 4.69) is 0 Å². The summed E-state index contributed by atoms with van der Waals surface area (Å²) in [7, 11) is 0. The number of hydrogen-bond acceptors (Lipinski definition) is 2. The zero-order valence-electron chi connectivity index (χ0n) is 9.54. The Balaban J connectivity index is 1.56. The molecule has 2 heteroatoms. The molecule has 0 amide bonds. The highest BCUT2D eigenvalue weighted by molar-refractivity contribution is 5.00. The minimum Gasteiger partial charge on any atom is -0.501 e. The third-order valence-electron chi connectivity index (χ3n) is 3.33. The van der Waals surface area contributed by atoms with Gasteiger partial charge in [0.2, 0.25) is 0 Å². The molecule has 1 heterocycles. The maximum absolute atomic E-state index is 5.59. The Hall–Kier alpha value is -0.500. The lowest BCUT2D eigenvalue weighted by atomic mass is 9.96. The second-order valence-electron chi connectivity index (χ2n) is 4.63. The molecule has 1 saturated heterocycles. The van der Waals surface area contributed by atoms with Crippen LogP contribution in [0.1, 0.15) is 51.4 Å². The van der Waals surface area contributed by atoms with Gasteiger partial charge in [0.25, 0.3) is 0 Å². The highest BCUT2D eigenvalue weighted by Crippen LogP contribution is 2.22. The first kappa shape index (κ1) is 11.0. The second-order valence-corrected chi connectivity index (χ2v) is 4.63. The molecule has 0 N–H and O–H groups in total. The van der Waals surface area contributed by atoms with E-state index >= 15 is 0 Å². The smallest absolute Gasteiger partial charge is 0.0898 e. The summed E-state index contributed by atoms with van der Waals surface area (Å²) >= 11 is 0. The first-order chi connectivity index (χ1) is 7.45. The molecular formula is C13H22O2. The number of allylic oxidation sites excluding steroid dienone is 1. The fraction of sp³-hybridized carbons (Fsp3) is 0.846. The van der Waals surface area contributed by atoms with Crippen molar-refractivity contribution in [3.63, 3.8) is 0 Å². The fourth-order valence-corrected chi connectivity index (χ4v) is 2.37. The van der Waals surface area contributed by atoms with E-state index in [0.717, 1.165) is 19.6 Å². The van der Waals surface area contributed by atoms with Gasteiger partial charge in [0.05, 0.1) is 19.0 Å². The summed E-state index contributed by atoms with van der Waals surface area (Å²) in [4.78, 5) is 0. The standard InChI is InChI=1S/C13H22O2/c1-2-5-12(6-3-1)11-14-10-8-13-7-4-9-15-13/h11,13H,1-10H2. The van der Waals surface area contributed by atoms with E-state index in [1.807, 2.05) is 6.26 Å². The SMILES string of the molecule is C(OCCC1CCCO1)=C1CCCCC1. The quantitative estimate of drug-likeness (QED) is 0.523. The lowest BCUT2D eigenvalue weighted by molar-refractivity contribution is 0.0826. The average molecular weight is 210 g/mol. The van der Waals surface area contributed by atoms with Crippen LogP contribution in [0.25, 0.3) is 0 Å². The Morgan fingerprint density at radius 1 is 1.20 bits per heavy atom. The third kappa shape index (κ3) is 3.86. The summed E-state index contributed by atoms with van der Waals surface area (Å²) in [6.07, 6.45) is 12.6. The van der Waals surface area contributed by atoms with Gasteiger partial charge in [-0.25, -0.2) is 0 Å². The van der Waals surface area contributed by atoms with E-state index in [9.17, 15) is 0 Å². The largest absolute Gasteiger partial charge is 0.501 e. The minimum absolute atomic E-state index is 0.467. The molecule has 0 bridgehead atoms. The van der Waals surface area contributed by atoms with Crippen molar-refractivity contribution in [3.05, 3.63) is 11.8 Å². The van der Waals surface area contributed by atoms with Crippen LogP contribution in [0.2, 0.25) is 0 Å². The Kier molecular flexibility index (Phi) is 4.52. The minimum atomic E-state index is 0.467. The van der Waals surface area contributed by atoms with Gasteiger partial charge < -0.3 is 9.47 Å². The summed E-state index contributed by atoms with van der Waals surface area (Å²) < 4.78 is 11.1. The average Bonchev–Trinajstić information content (AvgIpc) is 2.79. The van der Waals surface area contributed by atoms with Gasteiger partial charge in [0, 0.05) is 13.0 Å². The van der Waals surface area contributed by atoms with Crippen LogP contribution in [0.4, 0.5) is 0 Å². The van der Waals surface area contributed by atoms with Gasteiger partial charge >= 0.3 is 0 Å². The Bertz CT molecular complexity index is 197. The topological polar surface area (TPSA) is 18.5 Å². The van der Waals surface area contributed by atoms with E-state index < -0.39 is 0 Å². The van der Waals surface area contributed by atoms with Gasteiger partial charge in [0.15, 0.2) is 0 Å². The molecule has 2 aliphatic rings. The maximum atomic E-state index is 5.59. The van der Waals surface area contributed by atoms with Gasteiger partial charge in [-0.1, -0.05) is 6.42 Å². The van der Waals surface area contributed by atoms with Gasteiger partial charge in [-0.3, -0.25) is 0 Å². The molecule has 2 fully saturated rings. The molecule has 0 radical (unpaired) electrons. The second kappa shape index (κ2) is 6.16. The highest BCUT2D eigenvalue weighted by atomic mass is 16.5. The van der Waals surface area contributed by atoms with Crippen LogP contribution >= 0.6 is 0 Å². The van der Waals surface area contributed by atoms with E-state index in [-0.39, 0.29) is 0 Å². The maximum Gasteiger partial charge on any atom is 0.0898 e. The Labute approximate surface area is 92.6 Å². The van der Waals surface area contributed by atoms with Crippen molar-refractivity contribution in [3.8, 4) is 0 Å². The molecule has 1 aliphatic carbocycles. The predicted molar refractivity (Wildman–Crippen MR) is 60.7 cm³/mol. The van der Waals surface area contributed by atoms with Crippen LogP contribution in [0.3, 0.4) is 0 Å². The summed E-state index contributed by atoms with van der Waals surface area (Å²) in [5.74, 6) is 0. The molecule has 0 spiro atoms. The van der Waals surface area contributed by atoms with Crippen LogP contribution in [-0.4, -0.2) is 19.3 Å². The van der Waals surface area contributed by atoms with Crippen molar-refractivity contribution in [1.29, 1.82) is 0 Å². The van der Waals surface area contributed by atoms with Crippen molar-refractivity contribution >= 4 is 0 Å². The van der Waals surface area contributed by atoms with Crippen molar-refractivity contribution in [2.45, 2.75) is 57.5 Å². The molecule has 0 aromatic heterocycles. The van der Waals surface area contributed by atoms with E-state index in [1.165, 1.54) is 50.5 Å². The molecule has 1 unspecified atom stereocenters. The van der Waals surface area contributed by atoms with Crippen LogP contribution in [0, 0.1) is 0 Å². The molecule has 2 nitrogen and oxygen atoms in total. The molecule has 0 aromatic rings. The molecule has 1 saturated carbocycles. The van der Waals surface area contributed by atoms with Gasteiger partial charge in [-0.05, 0) is 44.1 Å².